The van der Waals surface area contributed by atoms with Gasteiger partial charge in [-0.25, -0.2) is 0 Å². The topological polar surface area (TPSA) is 12.0 Å². The summed E-state index contributed by atoms with van der Waals surface area (Å²) in [7, 11) is 0.446. The van der Waals surface area contributed by atoms with Gasteiger partial charge in [-0.05, 0) is 13.0 Å². The zero-order chi connectivity index (χ0) is 7.11. The molecule has 0 radical (unpaired) electrons. The molecule has 0 saturated carbocycles. The van der Waals surface area contributed by atoms with Gasteiger partial charge in [0.25, 0.3) is 0 Å². The Labute approximate surface area is 63.3 Å². The van der Waals surface area contributed by atoms with Crippen LogP contribution in [0.15, 0.2) is 0 Å². The highest BCUT2D eigenvalue weighted by molar-refractivity contribution is 6.56. The van der Waals surface area contributed by atoms with E-state index in [0.717, 1.165) is 5.16 Å². The molecular formula is C6H19NSi2. The van der Waals surface area contributed by atoms with Crippen molar-refractivity contribution >= 4 is 19.2 Å². The van der Waals surface area contributed by atoms with Gasteiger partial charge in [-0.15, -0.1) is 0 Å². The molecular weight excluding hydrogens is 142 g/mol. The van der Waals surface area contributed by atoms with Crippen molar-refractivity contribution in [2.75, 3.05) is 6.54 Å². The quantitative estimate of drug-likeness (QED) is 0.444. The van der Waals surface area contributed by atoms with E-state index in [1.807, 2.05) is 0 Å². The van der Waals surface area contributed by atoms with Crippen molar-refractivity contribution in [2.24, 2.45) is 0 Å². The second kappa shape index (κ2) is 6.51. The van der Waals surface area contributed by atoms with Gasteiger partial charge in [0, 0.05) is 9.52 Å². The minimum absolute atomic E-state index is 0.136. The Morgan fingerprint density at radius 3 is 2.67 bits per heavy atom. The molecule has 3 heteroatoms. The average molecular weight is 161 g/mol. The van der Waals surface area contributed by atoms with Crippen LogP contribution < -0.4 is 4.98 Å². The molecule has 0 rings (SSSR count). The van der Waals surface area contributed by atoms with Crippen LogP contribution in [0.4, 0.5) is 0 Å². The number of hydrogen-bond acceptors (Lipinski definition) is 1. The molecule has 1 atom stereocenters. The molecule has 0 aliphatic carbocycles. The zero-order valence-electron chi connectivity index (χ0n) is 6.91. The van der Waals surface area contributed by atoms with Crippen molar-refractivity contribution in [2.45, 2.75) is 32.0 Å². The predicted molar refractivity (Wildman–Crippen MR) is 50.7 cm³/mol. The number of nitrogens with one attached hydrogen (secondary N) is 1. The first-order valence-corrected chi connectivity index (χ1v) is 7.77. The molecule has 0 aliphatic rings. The predicted octanol–water partition coefficient (Wildman–Crippen LogP) is 0.0526. The summed E-state index contributed by atoms with van der Waals surface area (Å²) in [4.78, 5) is 3.56. The molecule has 0 aromatic heterocycles. The maximum absolute atomic E-state index is 3.56. The second-order valence-corrected chi connectivity index (χ2v) is 8.38. The lowest BCUT2D eigenvalue weighted by Gasteiger charge is -2.06. The Morgan fingerprint density at radius 1 is 1.56 bits per heavy atom. The van der Waals surface area contributed by atoms with E-state index in [-0.39, 0.29) is 9.68 Å². The van der Waals surface area contributed by atoms with Crippen molar-refractivity contribution < 1.29 is 0 Å². The van der Waals surface area contributed by atoms with Crippen LogP contribution in [0.25, 0.3) is 0 Å². The molecule has 0 amide bonds. The third kappa shape index (κ3) is 6.28. The van der Waals surface area contributed by atoms with Crippen LogP contribution in [0.2, 0.25) is 11.7 Å². The average Bonchev–Trinajstić information content (AvgIpc) is 1.89. The van der Waals surface area contributed by atoms with Gasteiger partial charge < -0.3 is 4.98 Å². The van der Waals surface area contributed by atoms with Gasteiger partial charge in [0.2, 0.25) is 0 Å². The van der Waals surface area contributed by atoms with E-state index in [0.29, 0.717) is 9.52 Å². The summed E-state index contributed by atoms with van der Waals surface area (Å²) in [5.74, 6) is 0. The van der Waals surface area contributed by atoms with E-state index in [9.17, 15) is 0 Å². The van der Waals surface area contributed by atoms with E-state index in [4.69, 9.17) is 0 Å². The molecule has 0 aromatic rings. The summed E-state index contributed by atoms with van der Waals surface area (Å²) < 4.78 is 0. The van der Waals surface area contributed by atoms with E-state index >= 15 is 0 Å². The van der Waals surface area contributed by atoms with Gasteiger partial charge in [-0.2, -0.15) is 0 Å². The standard InChI is InChI=1S/C6H19NSi2/c1-4-5-7-9-6(2)8-3/h6-7H,4-5,8-9H2,1-3H3. The molecule has 0 aliphatic heterocycles. The first kappa shape index (κ1) is 9.39. The molecule has 9 heavy (non-hydrogen) atoms. The maximum atomic E-state index is 3.56. The van der Waals surface area contributed by atoms with Gasteiger partial charge in [0.05, 0.1) is 9.68 Å². The Balaban J connectivity index is 2.88. The molecule has 0 saturated heterocycles. The first-order chi connectivity index (χ1) is 4.31. The molecule has 1 unspecified atom stereocenters. The molecule has 1 N–H and O–H groups in total. The van der Waals surface area contributed by atoms with Crippen LogP contribution in [-0.4, -0.2) is 25.7 Å². The first-order valence-electron chi connectivity index (χ1n) is 4.02. The summed E-state index contributed by atoms with van der Waals surface area (Å²) >= 11 is 0. The van der Waals surface area contributed by atoms with Crippen LogP contribution in [0.5, 0.6) is 0 Å². The number of rotatable bonds is 5. The summed E-state index contributed by atoms with van der Waals surface area (Å²) in [5.41, 5.74) is 0. The highest BCUT2D eigenvalue weighted by Crippen LogP contribution is 1.93. The van der Waals surface area contributed by atoms with Crippen molar-refractivity contribution in [3.63, 3.8) is 0 Å². The third-order valence-electron chi connectivity index (χ3n) is 1.62. The van der Waals surface area contributed by atoms with E-state index in [2.05, 4.69) is 25.4 Å². The summed E-state index contributed by atoms with van der Waals surface area (Å²) in [6, 6.07) is 0. The molecule has 0 spiro atoms. The van der Waals surface area contributed by atoms with Crippen LogP contribution in [-0.2, 0) is 0 Å². The van der Waals surface area contributed by atoms with Crippen LogP contribution in [0, 0.1) is 0 Å². The fraction of sp³-hybridized carbons (Fsp3) is 1.00. The fourth-order valence-electron chi connectivity index (χ4n) is 0.670. The molecule has 1 nitrogen and oxygen atoms in total. The molecule has 0 fully saturated rings. The lowest BCUT2D eigenvalue weighted by molar-refractivity contribution is 0.854. The monoisotopic (exact) mass is 161 g/mol. The largest absolute Gasteiger partial charge is 0.342 e. The Kier molecular flexibility index (Phi) is 6.80. The van der Waals surface area contributed by atoms with Gasteiger partial charge in [0.15, 0.2) is 0 Å². The molecule has 0 bridgehead atoms. The lowest BCUT2D eigenvalue weighted by Crippen LogP contribution is -2.25. The highest BCUT2D eigenvalue weighted by atomic mass is 28.3. The van der Waals surface area contributed by atoms with Gasteiger partial charge in [0.1, 0.15) is 0 Å². The van der Waals surface area contributed by atoms with Gasteiger partial charge in [-0.3, -0.25) is 0 Å². The Hall–Kier alpha value is 0.394. The fourth-order valence-corrected chi connectivity index (χ4v) is 3.49. The lowest BCUT2D eigenvalue weighted by atomic mass is 10.5. The second-order valence-electron chi connectivity index (χ2n) is 2.72. The molecule has 56 valence electrons. The SMILES string of the molecule is CCCN[SiH2]C(C)[SiH2]C. The van der Waals surface area contributed by atoms with Crippen molar-refractivity contribution in [3.8, 4) is 0 Å². The van der Waals surface area contributed by atoms with Gasteiger partial charge >= 0.3 is 0 Å². The molecule has 0 heterocycles. The van der Waals surface area contributed by atoms with Crippen LogP contribution in [0.1, 0.15) is 20.3 Å². The van der Waals surface area contributed by atoms with Crippen molar-refractivity contribution in [1.82, 2.24) is 4.98 Å². The normalized spacial score (nSPS) is 16.3. The molecule has 0 aromatic carbocycles. The van der Waals surface area contributed by atoms with Gasteiger partial charge in [-0.1, -0.05) is 25.6 Å². The highest BCUT2D eigenvalue weighted by Gasteiger charge is 1.96. The summed E-state index contributed by atoms with van der Waals surface area (Å²) in [6.45, 7) is 8.30. The minimum Gasteiger partial charge on any atom is -0.342 e. The minimum atomic E-state index is 0.136. The Morgan fingerprint density at radius 2 is 2.22 bits per heavy atom. The summed E-state index contributed by atoms with van der Waals surface area (Å²) in [5, 5.41) is 1.12. The summed E-state index contributed by atoms with van der Waals surface area (Å²) in [6.07, 6.45) is 1.30. The van der Waals surface area contributed by atoms with E-state index in [1.165, 1.54) is 13.0 Å². The van der Waals surface area contributed by atoms with Crippen LogP contribution >= 0.6 is 0 Å². The Bertz CT molecular complexity index is 59.0. The van der Waals surface area contributed by atoms with E-state index < -0.39 is 0 Å². The third-order valence-corrected chi connectivity index (χ3v) is 6.95. The zero-order valence-corrected chi connectivity index (χ0v) is 9.73. The smallest absolute Gasteiger partial charge is 0.0913 e. The van der Waals surface area contributed by atoms with Crippen LogP contribution in [0.3, 0.4) is 0 Å². The number of hydrogen-bond donors (Lipinski definition) is 1. The maximum Gasteiger partial charge on any atom is 0.0913 e. The van der Waals surface area contributed by atoms with E-state index in [1.54, 1.807) is 0 Å². The van der Waals surface area contributed by atoms with Crippen molar-refractivity contribution in [1.29, 1.82) is 0 Å². The van der Waals surface area contributed by atoms with Crippen molar-refractivity contribution in [3.05, 3.63) is 0 Å².